The molecule has 2 atom stereocenters. The summed E-state index contributed by atoms with van der Waals surface area (Å²) in [4.78, 5) is 2.39. The van der Waals surface area contributed by atoms with Crippen molar-refractivity contribution in [3.8, 4) is 0 Å². The summed E-state index contributed by atoms with van der Waals surface area (Å²) in [5, 5.41) is 0. The number of halogens is 1. The Bertz CT molecular complexity index is 347. The van der Waals surface area contributed by atoms with Gasteiger partial charge in [-0.3, -0.25) is 4.90 Å². The van der Waals surface area contributed by atoms with Crippen molar-refractivity contribution in [1.82, 2.24) is 4.90 Å². The van der Waals surface area contributed by atoms with Crippen LogP contribution in [0.4, 0.5) is 4.39 Å². The van der Waals surface area contributed by atoms with E-state index in [0.717, 1.165) is 13.0 Å². The van der Waals surface area contributed by atoms with E-state index in [9.17, 15) is 4.39 Å². The molecule has 1 aliphatic rings. The fraction of sp³-hybridized carbons (Fsp3) is 0.538. The van der Waals surface area contributed by atoms with Crippen molar-refractivity contribution in [3.05, 3.63) is 35.6 Å². The summed E-state index contributed by atoms with van der Waals surface area (Å²) in [6.07, 6.45) is 0.962. The van der Waals surface area contributed by atoms with E-state index in [1.165, 1.54) is 17.7 Å². The van der Waals surface area contributed by atoms with Crippen molar-refractivity contribution in [2.75, 3.05) is 6.54 Å². The SMILES string of the molecule is CC(C)N1CC(N)CC1c1ccc(F)cc1. The molecule has 2 rings (SSSR count). The first-order valence-corrected chi connectivity index (χ1v) is 5.84. The van der Waals surface area contributed by atoms with E-state index in [4.69, 9.17) is 5.73 Å². The summed E-state index contributed by atoms with van der Waals surface area (Å²) in [6, 6.07) is 7.84. The molecule has 2 N–H and O–H groups in total. The molecule has 1 fully saturated rings. The first kappa shape index (κ1) is 11.6. The molecule has 0 aromatic heterocycles. The third kappa shape index (κ3) is 2.25. The smallest absolute Gasteiger partial charge is 0.123 e. The lowest BCUT2D eigenvalue weighted by Crippen LogP contribution is -2.33. The Kier molecular flexibility index (Phi) is 3.26. The first-order valence-electron chi connectivity index (χ1n) is 5.84. The van der Waals surface area contributed by atoms with Crippen LogP contribution in [0.1, 0.15) is 31.9 Å². The van der Waals surface area contributed by atoms with Gasteiger partial charge in [-0.2, -0.15) is 0 Å². The van der Waals surface area contributed by atoms with E-state index in [0.29, 0.717) is 12.1 Å². The topological polar surface area (TPSA) is 29.3 Å². The third-order valence-corrected chi connectivity index (χ3v) is 3.29. The maximum absolute atomic E-state index is 12.9. The summed E-state index contributed by atoms with van der Waals surface area (Å²) in [5.74, 6) is -0.179. The zero-order valence-electron chi connectivity index (χ0n) is 9.86. The van der Waals surface area contributed by atoms with Crippen LogP contribution < -0.4 is 5.73 Å². The molecule has 1 aliphatic heterocycles. The Balaban J connectivity index is 2.22. The van der Waals surface area contributed by atoms with Crippen LogP contribution in [0.5, 0.6) is 0 Å². The Labute approximate surface area is 96.2 Å². The van der Waals surface area contributed by atoms with Crippen LogP contribution in [-0.4, -0.2) is 23.5 Å². The number of likely N-dealkylation sites (tertiary alicyclic amines) is 1. The maximum Gasteiger partial charge on any atom is 0.123 e. The molecular weight excluding hydrogens is 203 g/mol. The number of nitrogens with two attached hydrogens (primary N) is 1. The molecule has 2 unspecified atom stereocenters. The monoisotopic (exact) mass is 222 g/mol. The standard InChI is InChI=1S/C13H19FN2/c1-9(2)16-8-12(15)7-13(16)10-3-5-11(14)6-4-10/h3-6,9,12-13H,7-8,15H2,1-2H3. The van der Waals surface area contributed by atoms with Crippen LogP contribution in [0.3, 0.4) is 0 Å². The molecule has 16 heavy (non-hydrogen) atoms. The number of benzene rings is 1. The molecule has 0 radical (unpaired) electrons. The van der Waals surface area contributed by atoms with Crippen LogP contribution in [0.25, 0.3) is 0 Å². The molecule has 1 aromatic carbocycles. The Morgan fingerprint density at radius 1 is 1.31 bits per heavy atom. The van der Waals surface area contributed by atoms with Gasteiger partial charge >= 0.3 is 0 Å². The van der Waals surface area contributed by atoms with Crippen molar-refractivity contribution in [2.24, 2.45) is 5.73 Å². The fourth-order valence-corrected chi connectivity index (χ4v) is 2.48. The van der Waals surface area contributed by atoms with Gasteiger partial charge in [-0.05, 0) is 38.0 Å². The average Bonchev–Trinajstić information content (AvgIpc) is 2.61. The highest BCUT2D eigenvalue weighted by Crippen LogP contribution is 2.32. The van der Waals surface area contributed by atoms with Gasteiger partial charge in [0.15, 0.2) is 0 Å². The van der Waals surface area contributed by atoms with Gasteiger partial charge in [0.2, 0.25) is 0 Å². The number of hydrogen-bond donors (Lipinski definition) is 1. The lowest BCUT2D eigenvalue weighted by atomic mass is 10.0. The van der Waals surface area contributed by atoms with Gasteiger partial charge in [-0.15, -0.1) is 0 Å². The largest absolute Gasteiger partial charge is 0.326 e. The van der Waals surface area contributed by atoms with Gasteiger partial charge in [-0.25, -0.2) is 4.39 Å². The van der Waals surface area contributed by atoms with Crippen LogP contribution in [0.15, 0.2) is 24.3 Å². The quantitative estimate of drug-likeness (QED) is 0.832. The zero-order valence-corrected chi connectivity index (χ0v) is 9.86. The van der Waals surface area contributed by atoms with E-state index in [-0.39, 0.29) is 11.9 Å². The third-order valence-electron chi connectivity index (χ3n) is 3.29. The Morgan fingerprint density at radius 2 is 1.94 bits per heavy atom. The molecule has 1 heterocycles. The summed E-state index contributed by atoms with van der Waals surface area (Å²) in [7, 11) is 0. The lowest BCUT2D eigenvalue weighted by molar-refractivity contribution is 0.204. The lowest BCUT2D eigenvalue weighted by Gasteiger charge is -2.28. The van der Waals surface area contributed by atoms with Crippen LogP contribution in [-0.2, 0) is 0 Å². The molecule has 2 nitrogen and oxygen atoms in total. The molecule has 0 saturated carbocycles. The minimum Gasteiger partial charge on any atom is -0.326 e. The molecule has 0 amide bonds. The second kappa shape index (κ2) is 4.52. The fourth-order valence-electron chi connectivity index (χ4n) is 2.48. The Hall–Kier alpha value is -0.930. The van der Waals surface area contributed by atoms with Crippen LogP contribution in [0.2, 0.25) is 0 Å². The molecular formula is C13H19FN2. The predicted molar refractivity (Wildman–Crippen MR) is 63.6 cm³/mol. The molecule has 0 aliphatic carbocycles. The minimum absolute atomic E-state index is 0.179. The van der Waals surface area contributed by atoms with Crippen LogP contribution in [0, 0.1) is 5.82 Å². The highest BCUT2D eigenvalue weighted by atomic mass is 19.1. The Morgan fingerprint density at radius 3 is 2.50 bits per heavy atom. The summed E-state index contributed by atoms with van der Waals surface area (Å²) < 4.78 is 12.9. The van der Waals surface area contributed by atoms with Crippen LogP contribution >= 0.6 is 0 Å². The first-order chi connectivity index (χ1) is 7.58. The highest BCUT2D eigenvalue weighted by Gasteiger charge is 2.32. The van der Waals surface area contributed by atoms with Gasteiger partial charge in [0.1, 0.15) is 5.82 Å². The van der Waals surface area contributed by atoms with Crippen molar-refractivity contribution < 1.29 is 4.39 Å². The summed E-state index contributed by atoms with van der Waals surface area (Å²) >= 11 is 0. The van der Waals surface area contributed by atoms with Crippen molar-refractivity contribution in [3.63, 3.8) is 0 Å². The van der Waals surface area contributed by atoms with E-state index < -0.39 is 0 Å². The van der Waals surface area contributed by atoms with E-state index in [1.54, 1.807) is 0 Å². The summed E-state index contributed by atoms with van der Waals surface area (Å²) in [6.45, 7) is 5.28. The minimum atomic E-state index is -0.179. The maximum atomic E-state index is 12.9. The normalized spacial score (nSPS) is 26.6. The number of nitrogens with zero attached hydrogens (tertiary/aromatic N) is 1. The molecule has 0 bridgehead atoms. The van der Waals surface area contributed by atoms with E-state index in [1.807, 2.05) is 12.1 Å². The van der Waals surface area contributed by atoms with Gasteiger partial charge in [0, 0.05) is 24.7 Å². The van der Waals surface area contributed by atoms with Crippen molar-refractivity contribution in [2.45, 2.75) is 38.4 Å². The molecule has 0 spiro atoms. The second-order valence-electron chi connectivity index (χ2n) is 4.85. The second-order valence-corrected chi connectivity index (χ2v) is 4.85. The molecule has 3 heteroatoms. The highest BCUT2D eigenvalue weighted by molar-refractivity contribution is 5.22. The van der Waals surface area contributed by atoms with Gasteiger partial charge in [0.05, 0.1) is 0 Å². The molecule has 1 aromatic rings. The van der Waals surface area contributed by atoms with Crippen molar-refractivity contribution >= 4 is 0 Å². The zero-order chi connectivity index (χ0) is 11.7. The van der Waals surface area contributed by atoms with Gasteiger partial charge < -0.3 is 5.73 Å². The molecule has 88 valence electrons. The van der Waals surface area contributed by atoms with E-state index in [2.05, 4.69) is 18.7 Å². The van der Waals surface area contributed by atoms with Gasteiger partial charge in [0.25, 0.3) is 0 Å². The van der Waals surface area contributed by atoms with Gasteiger partial charge in [-0.1, -0.05) is 12.1 Å². The van der Waals surface area contributed by atoms with Crippen molar-refractivity contribution in [1.29, 1.82) is 0 Å². The average molecular weight is 222 g/mol. The summed E-state index contributed by atoms with van der Waals surface area (Å²) in [5.41, 5.74) is 7.17. The number of rotatable bonds is 2. The number of hydrogen-bond acceptors (Lipinski definition) is 2. The molecule has 1 saturated heterocycles. The predicted octanol–water partition coefficient (Wildman–Crippen LogP) is 2.31. The van der Waals surface area contributed by atoms with E-state index >= 15 is 0 Å².